The lowest BCUT2D eigenvalue weighted by atomic mass is 10.2. The van der Waals surface area contributed by atoms with Gasteiger partial charge in [0, 0.05) is 30.0 Å². The molecule has 1 aromatic heterocycles. The number of aromatic amines is 1. The number of aromatic nitrogens is 1. The molecule has 0 bridgehead atoms. The molecule has 0 atom stereocenters. The molecule has 1 heterocycles. The molecule has 0 saturated heterocycles. The van der Waals surface area contributed by atoms with Crippen molar-refractivity contribution in [2.75, 3.05) is 5.32 Å². The molecular weight excluding hydrogens is 286 g/mol. The van der Waals surface area contributed by atoms with Gasteiger partial charge in [0.05, 0.1) is 15.6 Å². The molecule has 2 rings (SSSR count). The minimum atomic E-state index is -0.598. The van der Waals surface area contributed by atoms with E-state index in [0.717, 1.165) is 12.1 Å². The van der Waals surface area contributed by atoms with Gasteiger partial charge in [-0.3, -0.25) is 19.7 Å². The summed E-state index contributed by atoms with van der Waals surface area (Å²) in [5.74, 6) is -0.585. The normalized spacial score (nSPS) is 10.1. The van der Waals surface area contributed by atoms with Crippen LogP contribution in [0, 0.1) is 10.1 Å². The molecule has 0 aliphatic heterocycles. The molecule has 0 radical (unpaired) electrons. The van der Waals surface area contributed by atoms with Crippen LogP contribution in [0.4, 0.5) is 11.4 Å². The van der Waals surface area contributed by atoms with Crippen molar-refractivity contribution in [1.82, 2.24) is 4.98 Å². The number of carbonyl (C=O) groups excluding carboxylic acids is 1. The van der Waals surface area contributed by atoms with Crippen LogP contribution in [-0.4, -0.2) is 15.8 Å². The number of hydrogen-bond donors (Lipinski definition) is 2. The summed E-state index contributed by atoms with van der Waals surface area (Å²) in [4.78, 5) is 35.5. The molecule has 2 aromatic rings. The van der Waals surface area contributed by atoms with Crippen molar-refractivity contribution < 1.29 is 9.72 Å². The first-order valence-corrected chi connectivity index (χ1v) is 5.79. The molecule has 1 aromatic carbocycles. The van der Waals surface area contributed by atoms with E-state index >= 15 is 0 Å². The number of nitro benzene ring substituents is 1. The van der Waals surface area contributed by atoms with E-state index in [4.69, 9.17) is 11.6 Å². The predicted molar refractivity (Wildman–Crippen MR) is 73.1 cm³/mol. The summed E-state index contributed by atoms with van der Waals surface area (Å²) in [5, 5.41) is 13.3. The highest BCUT2D eigenvalue weighted by molar-refractivity contribution is 6.34. The Morgan fingerprint density at radius 1 is 1.30 bits per heavy atom. The average Bonchev–Trinajstić information content (AvgIpc) is 2.41. The zero-order valence-corrected chi connectivity index (χ0v) is 10.7. The fraction of sp³-hybridized carbons (Fsp3) is 0. The Morgan fingerprint density at radius 3 is 2.70 bits per heavy atom. The second-order valence-electron chi connectivity index (χ2n) is 3.82. The maximum atomic E-state index is 11.9. The molecule has 8 heteroatoms. The summed E-state index contributed by atoms with van der Waals surface area (Å²) < 4.78 is 0. The highest BCUT2D eigenvalue weighted by Gasteiger charge is 2.13. The number of halogens is 1. The molecule has 7 nitrogen and oxygen atoms in total. The van der Waals surface area contributed by atoms with Crippen LogP contribution in [0.2, 0.25) is 5.02 Å². The van der Waals surface area contributed by atoms with Gasteiger partial charge in [-0.05, 0) is 12.1 Å². The Kier molecular flexibility index (Phi) is 3.81. The quantitative estimate of drug-likeness (QED) is 0.668. The maximum Gasteiger partial charge on any atom is 0.271 e. The van der Waals surface area contributed by atoms with Crippen molar-refractivity contribution in [1.29, 1.82) is 0 Å². The average molecular weight is 294 g/mol. The number of hydrogen-bond acceptors (Lipinski definition) is 4. The van der Waals surface area contributed by atoms with E-state index in [1.54, 1.807) is 0 Å². The fourth-order valence-electron chi connectivity index (χ4n) is 1.50. The number of nitrogens with one attached hydrogen (secondary N) is 2. The Hall–Kier alpha value is -2.67. The Labute approximate surface area is 117 Å². The number of non-ortho nitro benzene ring substituents is 1. The van der Waals surface area contributed by atoms with Gasteiger partial charge in [-0.1, -0.05) is 11.6 Å². The van der Waals surface area contributed by atoms with Crippen molar-refractivity contribution in [3.63, 3.8) is 0 Å². The van der Waals surface area contributed by atoms with Crippen molar-refractivity contribution in [2.24, 2.45) is 0 Å². The number of benzene rings is 1. The summed E-state index contributed by atoms with van der Waals surface area (Å²) in [6.45, 7) is 0. The number of carbonyl (C=O) groups is 1. The van der Waals surface area contributed by atoms with E-state index < -0.39 is 16.4 Å². The third-order valence-corrected chi connectivity index (χ3v) is 2.78. The van der Waals surface area contributed by atoms with Crippen LogP contribution < -0.4 is 10.9 Å². The lowest BCUT2D eigenvalue weighted by Gasteiger charge is -2.06. The van der Waals surface area contributed by atoms with Gasteiger partial charge < -0.3 is 10.3 Å². The second kappa shape index (κ2) is 5.54. The smallest absolute Gasteiger partial charge is 0.271 e. The van der Waals surface area contributed by atoms with Crippen molar-refractivity contribution in [2.45, 2.75) is 0 Å². The van der Waals surface area contributed by atoms with E-state index in [2.05, 4.69) is 10.3 Å². The van der Waals surface area contributed by atoms with Crippen LogP contribution >= 0.6 is 11.6 Å². The van der Waals surface area contributed by atoms with Crippen molar-refractivity contribution in [3.8, 4) is 0 Å². The summed E-state index contributed by atoms with van der Waals surface area (Å²) in [6.07, 6.45) is 1.33. The zero-order valence-electron chi connectivity index (χ0n) is 9.92. The zero-order chi connectivity index (χ0) is 14.7. The summed E-state index contributed by atoms with van der Waals surface area (Å²) in [6, 6.07) is 6.20. The van der Waals surface area contributed by atoms with Crippen LogP contribution in [0.3, 0.4) is 0 Å². The Bertz CT molecular complexity index is 741. The van der Waals surface area contributed by atoms with E-state index in [-0.39, 0.29) is 22.0 Å². The summed E-state index contributed by atoms with van der Waals surface area (Å²) >= 11 is 5.86. The highest BCUT2D eigenvalue weighted by atomic mass is 35.5. The number of pyridine rings is 1. The first-order valence-electron chi connectivity index (χ1n) is 5.41. The van der Waals surface area contributed by atoms with Crippen LogP contribution in [0.25, 0.3) is 0 Å². The van der Waals surface area contributed by atoms with Crippen LogP contribution in [0.15, 0.2) is 41.3 Å². The number of anilines is 1. The van der Waals surface area contributed by atoms with Crippen LogP contribution in [-0.2, 0) is 0 Å². The third-order valence-electron chi connectivity index (χ3n) is 2.45. The molecule has 102 valence electrons. The molecular formula is C12H8ClN3O4. The van der Waals surface area contributed by atoms with Gasteiger partial charge in [-0.15, -0.1) is 0 Å². The highest BCUT2D eigenvalue weighted by Crippen LogP contribution is 2.26. The van der Waals surface area contributed by atoms with Crippen molar-refractivity contribution >= 4 is 28.9 Å². The maximum absolute atomic E-state index is 11.9. The molecule has 20 heavy (non-hydrogen) atoms. The van der Waals surface area contributed by atoms with E-state index in [9.17, 15) is 19.7 Å². The van der Waals surface area contributed by atoms with E-state index in [1.165, 1.54) is 24.4 Å². The lowest BCUT2D eigenvalue weighted by Crippen LogP contribution is -2.15. The fourth-order valence-corrected chi connectivity index (χ4v) is 1.67. The monoisotopic (exact) mass is 293 g/mol. The minimum Gasteiger partial charge on any atom is -0.329 e. The van der Waals surface area contributed by atoms with E-state index in [0.29, 0.717) is 0 Å². The number of nitrogens with zero attached hydrogens (tertiary/aromatic N) is 1. The predicted octanol–water partition coefficient (Wildman–Crippen LogP) is 2.19. The first-order chi connectivity index (χ1) is 9.47. The van der Waals surface area contributed by atoms with Crippen molar-refractivity contribution in [3.05, 3.63) is 67.6 Å². The molecule has 0 aliphatic rings. The van der Waals surface area contributed by atoms with Gasteiger partial charge in [0.15, 0.2) is 0 Å². The Balaban J connectivity index is 2.30. The van der Waals surface area contributed by atoms with Crippen LogP contribution in [0.5, 0.6) is 0 Å². The second-order valence-corrected chi connectivity index (χ2v) is 4.22. The number of nitro groups is 1. The largest absolute Gasteiger partial charge is 0.329 e. The first kappa shape index (κ1) is 13.8. The molecule has 2 N–H and O–H groups in total. The summed E-state index contributed by atoms with van der Waals surface area (Å²) in [5.41, 5.74) is -0.402. The lowest BCUT2D eigenvalue weighted by molar-refractivity contribution is -0.384. The molecule has 0 unspecified atom stereocenters. The molecule has 0 spiro atoms. The van der Waals surface area contributed by atoms with E-state index in [1.807, 2.05) is 0 Å². The topological polar surface area (TPSA) is 105 Å². The summed E-state index contributed by atoms with van der Waals surface area (Å²) in [7, 11) is 0. The third kappa shape index (κ3) is 3.01. The molecule has 0 saturated carbocycles. The SMILES string of the molecule is O=C(Nc1cc([N+](=O)[O-])ccc1Cl)c1cc[nH]c(=O)c1. The molecule has 1 amide bonds. The van der Waals surface area contributed by atoms with Crippen LogP contribution in [0.1, 0.15) is 10.4 Å². The Morgan fingerprint density at radius 2 is 2.05 bits per heavy atom. The molecule has 0 fully saturated rings. The van der Waals surface area contributed by atoms with Gasteiger partial charge in [-0.2, -0.15) is 0 Å². The number of rotatable bonds is 3. The molecule has 0 aliphatic carbocycles. The van der Waals surface area contributed by atoms with Gasteiger partial charge >= 0.3 is 0 Å². The number of H-pyrrole nitrogens is 1. The van der Waals surface area contributed by atoms with Gasteiger partial charge in [-0.25, -0.2) is 0 Å². The minimum absolute atomic E-state index is 0.103. The number of amides is 1. The van der Waals surface area contributed by atoms with Gasteiger partial charge in [0.25, 0.3) is 11.6 Å². The van der Waals surface area contributed by atoms with Gasteiger partial charge in [0.2, 0.25) is 5.56 Å². The standard InChI is InChI=1S/C12H8ClN3O4/c13-9-2-1-8(16(19)20)6-10(9)15-12(18)7-3-4-14-11(17)5-7/h1-6H,(H,14,17)(H,15,18). The van der Waals surface area contributed by atoms with Gasteiger partial charge in [0.1, 0.15) is 0 Å².